The van der Waals surface area contributed by atoms with Gasteiger partial charge < -0.3 is 29.7 Å². The predicted octanol–water partition coefficient (Wildman–Crippen LogP) is 19.8. The van der Waals surface area contributed by atoms with Crippen LogP contribution in [0.15, 0.2) is 194 Å². The van der Waals surface area contributed by atoms with Crippen molar-refractivity contribution in [1.29, 1.82) is 5.53 Å². The molecule has 0 aliphatic heterocycles. The number of hydrogen-bond acceptors (Lipinski definition) is 17. The number of carboxylic acids is 1. The van der Waals surface area contributed by atoms with E-state index in [0.717, 1.165) is 127 Å². The molecule has 2 amide bonds. The fourth-order valence-corrected chi connectivity index (χ4v) is 13.7. The second-order valence-corrected chi connectivity index (χ2v) is 29.3. The summed E-state index contributed by atoms with van der Waals surface area (Å²) in [6.07, 6.45) is -11.5. The van der Waals surface area contributed by atoms with Crippen LogP contribution in [0.1, 0.15) is 63.0 Å². The topological polar surface area (TPSA) is 329 Å². The lowest BCUT2D eigenvalue weighted by Crippen LogP contribution is -2.36. The van der Waals surface area contributed by atoms with Gasteiger partial charge in [-0.15, -0.1) is 0 Å². The first-order valence-corrected chi connectivity index (χ1v) is 36.4. The van der Waals surface area contributed by atoms with Crippen LogP contribution in [0, 0.1) is 23.0 Å². The maximum absolute atomic E-state index is 13.5. The number of nitrogens with zero attached hydrogens (tertiary/aromatic N) is 10. The van der Waals surface area contributed by atoms with Crippen molar-refractivity contribution in [2.24, 2.45) is 15.1 Å². The lowest BCUT2D eigenvalue weighted by Gasteiger charge is -2.27. The molecule has 25 nitrogen and oxygen atoms in total. The number of carbonyl (C=O) groups excluding carboxylic acids is 2. The fraction of sp³-hybridized carbons (Fsp3) is 0.182. The van der Waals surface area contributed by atoms with Crippen LogP contribution < -0.4 is 28.4 Å². The van der Waals surface area contributed by atoms with E-state index in [-0.39, 0.29) is 64.2 Å². The molecule has 0 spiro atoms. The fourth-order valence-electron chi connectivity index (χ4n) is 8.65. The van der Waals surface area contributed by atoms with Crippen molar-refractivity contribution in [3.63, 3.8) is 0 Å². The van der Waals surface area contributed by atoms with Gasteiger partial charge in [0.1, 0.15) is 30.9 Å². The Balaban J connectivity index is 0.000000401. The SMILES string of the molecule is C.C.CN(C(=O)c1ncc(Cl)cc1NS(=O)(=O)c1ccc(Cl)c(C(F)(F)F)c1)c1ccc(F)cc1.CNc1ccc(F)cc1.COCN(c1cc(Cl)cnc1C(=O)N(C)c1ccc(F)cc1)S(=O)(=O)c1ccc(Cl)c(C(F)(F)F)c1.COCN(c1cc(Cl)cnc1C(=O)O)S(=O)(=O)c1ccc(Cl)c(C(F)(F)F)c1.N=NN=NCl. The maximum Gasteiger partial charge on any atom is 0.417 e. The van der Waals surface area contributed by atoms with Gasteiger partial charge >= 0.3 is 24.5 Å². The highest BCUT2D eigenvalue weighted by Gasteiger charge is 2.40. The summed E-state index contributed by atoms with van der Waals surface area (Å²) in [5, 5.41) is 15.0. The largest absolute Gasteiger partial charge is 0.476 e. The Morgan fingerprint density at radius 1 is 0.504 bits per heavy atom. The molecule has 0 atom stereocenters. The molecule has 0 saturated heterocycles. The van der Waals surface area contributed by atoms with E-state index in [4.69, 9.17) is 84.6 Å². The molecular formula is C66H58Cl7F12N13O12S3. The Bertz CT molecular complexity index is 5220. The van der Waals surface area contributed by atoms with Gasteiger partial charge in [0.2, 0.25) is 0 Å². The maximum atomic E-state index is 13.5. The van der Waals surface area contributed by atoms with Crippen LogP contribution in [0.5, 0.6) is 0 Å². The molecule has 0 saturated carbocycles. The number of benzene rings is 6. The van der Waals surface area contributed by atoms with Crippen LogP contribution in [0.25, 0.3) is 0 Å². The quantitative estimate of drug-likeness (QED) is 0.0238. The van der Waals surface area contributed by atoms with Gasteiger partial charge in [-0.05, 0) is 156 Å². The van der Waals surface area contributed by atoms with Crippen molar-refractivity contribution in [3.05, 3.63) is 246 Å². The number of sulfonamides is 3. The van der Waals surface area contributed by atoms with Crippen LogP contribution in [-0.4, -0.2) is 112 Å². The number of rotatable bonds is 20. The number of carboxylic acid groups (broad SMARTS) is 1. The number of hydrogen-bond donors (Lipinski definition) is 4. The molecule has 6 aromatic carbocycles. The first-order chi connectivity index (χ1) is 51.7. The monoisotopic (exact) mass is 1790 g/mol. The van der Waals surface area contributed by atoms with Crippen LogP contribution in [0.4, 0.5) is 86.8 Å². The molecule has 113 heavy (non-hydrogen) atoms. The number of ether oxygens (including phenoxy) is 2. The van der Waals surface area contributed by atoms with Crippen molar-refractivity contribution in [3.8, 4) is 0 Å². The van der Waals surface area contributed by atoms with Gasteiger partial charge in [-0.1, -0.05) is 89.1 Å². The van der Waals surface area contributed by atoms with E-state index in [1.165, 1.54) is 50.5 Å². The highest BCUT2D eigenvalue weighted by atomic mass is 35.5. The first-order valence-electron chi connectivity index (χ1n) is 29.4. The van der Waals surface area contributed by atoms with Crippen LogP contribution >= 0.6 is 81.4 Å². The van der Waals surface area contributed by atoms with Crippen molar-refractivity contribution < 1.29 is 107 Å². The van der Waals surface area contributed by atoms with Gasteiger partial charge in [0.25, 0.3) is 41.9 Å². The zero-order valence-electron chi connectivity index (χ0n) is 56.3. The predicted molar refractivity (Wildman–Crippen MR) is 401 cm³/mol. The number of aromatic carboxylic acids is 1. The van der Waals surface area contributed by atoms with Gasteiger partial charge in [0, 0.05) is 71.0 Å². The van der Waals surface area contributed by atoms with Crippen molar-refractivity contribution in [1.82, 2.24) is 15.0 Å². The molecule has 0 radical (unpaired) electrons. The minimum absolute atomic E-state index is 0. The molecule has 9 aromatic rings. The molecule has 610 valence electrons. The third-order valence-corrected chi connectivity index (χ3v) is 20.4. The van der Waals surface area contributed by atoms with Crippen LogP contribution in [0.2, 0.25) is 30.1 Å². The zero-order valence-corrected chi connectivity index (χ0v) is 64.1. The summed E-state index contributed by atoms with van der Waals surface area (Å²) in [5.41, 5.74) is 0.592. The van der Waals surface area contributed by atoms with Gasteiger partial charge in [-0.2, -0.15) is 45.0 Å². The van der Waals surface area contributed by atoms with Gasteiger partial charge in [-0.3, -0.25) is 14.3 Å². The molecule has 0 aliphatic rings. The Kier molecular flexibility index (Phi) is 36.4. The molecule has 0 unspecified atom stereocenters. The normalized spacial score (nSPS) is 11.4. The second-order valence-electron chi connectivity index (χ2n) is 21.2. The van der Waals surface area contributed by atoms with Gasteiger partial charge in [-0.25, -0.2) is 66.8 Å². The summed E-state index contributed by atoms with van der Waals surface area (Å²) in [6, 6.07) is 25.3. The molecular weight excluding hydrogens is 1740 g/mol. The van der Waals surface area contributed by atoms with E-state index in [9.17, 15) is 97.4 Å². The van der Waals surface area contributed by atoms with Crippen molar-refractivity contribution >= 4 is 163 Å². The molecule has 0 fully saturated rings. The van der Waals surface area contributed by atoms with E-state index in [2.05, 4.69) is 47.1 Å². The van der Waals surface area contributed by atoms with Gasteiger partial charge in [0.05, 0.1) is 90.4 Å². The summed E-state index contributed by atoms with van der Waals surface area (Å²) >= 11 is 38.9. The lowest BCUT2D eigenvalue weighted by molar-refractivity contribution is -0.138. The molecule has 4 N–H and O–H groups in total. The number of halogens is 19. The van der Waals surface area contributed by atoms with E-state index in [1.807, 2.05) is 4.72 Å². The molecule has 47 heteroatoms. The average Bonchev–Trinajstić information content (AvgIpc) is 0.769. The number of pyridine rings is 3. The first kappa shape index (κ1) is 97.7. The number of nitrogens with one attached hydrogen (secondary N) is 3. The second kappa shape index (κ2) is 42.1. The highest BCUT2D eigenvalue weighted by molar-refractivity contribution is 7.93. The van der Waals surface area contributed by atoms with E-state index in [1.54, 1.807) is 19.2 Å². The van der Waals surface area contributed by atoms with Crippen LogP contribution in [0.3, 0.4) is 0 Å². The number of amides is 2. The number of aromatic nitrogens is 3. The zero-order chi connectivity index (χ0) is 83.5. The molecule has 0 aliphatic carbocycles. The minimum Gasteiger partial charge on any atom is -0.476 e. The summed E-state index contributed by atoms with van der Waals surface area (Å²) in [7, 11) is -7.31. The Morgan fingerprint density at radius 3 is 1.17 bits per heavy atom. The average molecular weight is 1800 g/mol. The summed E-state index contributed by atoms with van der Waals surface area (Å²) in [6.45, 7) is -1.41. The summed E-state index contributed by atoms with van der Waals surface area (Å²) < 4.78 is 251. The summed E-state index contributed by atoms with van der Waals surface area (Å²) in [4.78, 5) is 48.9. The number of methoxy groups -OCH3 is 2. The molecule has 0 bridgehead atoms. The standard InChI is InChI=1S/C22H17Cl2F4N3O4S.C20H13Cl2F4N3O3S.C15H11Cl2F3N2O5S.C7H8FN.2CH4.ClHN4/c1-30(15-5-3-14(25)4-6-15)21(32)20-19(9-13(23)11-29-20)31(12-35-2)36(33,34)16-7-8-18(24)17(10-16)22(26,27)28;1-29(13-4-2-12(23)3-5-13)19(30)18-17(8-11(21)10-27-18)28-33(31,32)14-6-7-16(22)15(9-14)20(24,25)26;1-27-7-22(12-4-8(16)6-21-13(12)14(23)24)28(25,26)9-2-3-11(17)10(5-9)15(18,19)20;1-9-7-4-2-6(8)3-5-7;;;1-3-5-4-2/h3-11H,12H2,1-2H3;2-10,28H,1H3;2-6H,7H2,1H3,(H,23,24);2-5,9H,1H3;2*1H4;2H. The van der Waals surface area contributed by atoms with Crippen LogP contribution in [-0.2, 0) is 58.1 Å². The third-order valence-electron chi connectivity index (χ3n) is 13.9. The molecule has 9 rings (SSSR count). The van der Waals surface area contributed by atoms with E-state index >= 15 is 0 Å². The Hall–Kier alpha value is -9.46. The van der Waals surface area contributed by atoms with E-state index < -0.39 is 155 Å². The number of carbonyl (C=O) groups is 3. The molecule has 3 aromatic heterocycles. The highest BCUT2D eigenvalue weighted by Crippen LogP contribution is 2.41. The smallest absolute Gasteiger partial charge is 0.417 e. The van der Waals surface area contributed by atoms with Gasteiger partial charge in [0.15, 0.2) is 17.1 Å². The number of anilines is 6. The Labute approximate surface area is 672 Å². The molecule has 3 heterocycles. The van der Waals surface area contributed by atoms with Crippen molar-refractivity contribution in [2.45, 2.75) is 48.1 Å². The summed E-state index contributed by atoms with van der Waals surface area (Å²) in [5.74, 6) is -4.44. The number of alkyl halides is 9. The van der Waals surface area contributed by atoms with E-state index in [0.29, 0.717) is 26.8 Å². The minimum atomic E-state index is -4.93. The lowest BCUT2D eigenvalue weighted by atomic mass is 10.2. The van der Waals surface area contributed by atoms with Crippen molar-refractivity contribution in [2.75, 3.05) is 77.3 Å². The Morgan fingerprint density at radius 2 is 0.832 bits per heavy atom. The third kappa shape index (κ3) is 26.6.